The van der Waals surface area contributed by atoms with Gasteiger partial charge in [-0.05, 0) is 73.9 Å². The summed E-state index contributed by atoms with van der Waals surface area (Å²) in [5.41, 5.74) is 4.79. The molecule has 212 valence electrons. The van der Waals surface area contributed by atoms with Crippen molar-refractivity contribution in [1.82, 2.24) is 14.8 Å². The number of unbranched alkanes of at least 4 members (excludes halogenated alkanes) is 1. The molecule has 1 aliphatic rings. The molecule has 0 saturated heterocycles. The van der Waals surface area contributed by atoms with E-state index in [9.17, 15) is 4.79 Å². The molecule has 7 nitrogen and oxygen atoms in total. The average Bonchev–Trinajstić information content (AvgIpc) is 3.34. The number of nitrogens with zero attached hydrogens (tertiary/aromatic N) is 3. The molecule has 0 spiro atoms. The lowest BCUT2D eigenvalue weighted by molar-refractivity contribution is -0.113. The second-order valence-corrected chi connectivity index (χ2v) is 12.3. The fourth-order valence-corrected chi connectivity index (χ4v) is 6.03. The third-order valence-corrected chi connectivity index (χ3v) is 8.33. The number of fused-ring (bicyclic) bond motifs is 1. The molecule has 4 aromatic rings. The third kappa shape index (κ3) is 6.97. The number of thioether (sulfide) groups is 1. The molecule has 0 aliphatic carbocycles. The predicted molar refractivity (Wildman–Crippen MR) is 170 cm³/mol. The van der Waals surface area contributed by atoms with E-state index in [2.05, 4.69) is 33.5 Å². The summed E-state index contributed by atoms with van der Waals surface area (Å²) in [6, 6.07) is 20.6. The summed E-state index contributed by atoms with van der Waals surface area (Å²) in [5, 5.41) is 12.6. The van der Waals surface area contributed by atoms with E-state index in [1.54, 1.807) is 16.4 Å². The number of nitrogens with one attached hydrogen (secondary N) is 2. The number of hydrogen-bond donors (Lipinski definition) is 2. The maximum atomic E-state index is 14.0. The number of amides is 1. The van der Waals surface area contributed by atoms with Crippen LogP contribution in [0.25, 0.3) is 0 Å². The fraction of sp³-hybridized carbons (Fsp3) is 0.258. The van der Waals surface area contributed by atoms with E-state index in [-0.39, 0.29) is 5.91 Å². The summed E-state index contributed by atoms with van der Waals surface area (Å²) in [6.07, 6.45) is 2.17. The van der Waals surface area contributed by atoms with Gasteiger partial charge in [-0.25, -0.2) is 4.68 Å². The van der Waals surface area contributed by atoms with Crippen LogP contribution in [0.3, 0.4) is 0 Å². The molecule has 2 heterocycles. The summed E-state index contributed by atoms with van der Waals surface area (Å²) < 4.78 is 9.02. The minimum Gasteiger partial charge on any atom is -0.489 e. The number of carbonyl (C=O) groups excluding carboxylic acids is 1. The number of aryl methyl sites for hydroxylation is 1. The molecule has 1 atom stereocenters. The normalized spacial score (nSPS) is 14.4. The van der Waals surface area contributed by atoms with Gasteiger partial charge >= 0.3 is 0 Å². The molecule has 0 radical (unpaired) electrons. The van der Waals surface area contributed by atoms with Crippen molar-refractivity contribution in [1.29, 1.82) is 0 Å². The lowest BCUT2D eigenvalue weighted by atomic mass is 9.94. The van der Waals surface area contributed by atoms with Crippen LogP contribution in [-0.2, 0) is 11.4 Å². The monoisotopic (exact) mass is 651 g/mol. The highest BCUT2D eigenvalue weighted by molar-refractivity contribution is 9.10. The summed E-state index contributed by atoms with van der Waals surface area (Å²) in [6.45, 7) is 6.39. The fourth-order valence-electron chi connectivity index (χ4n) is 4.61. The zero-order chi connectivity index (χ0) is 28.9. The molecule has 0 saturated carbocycles. The second kappa shape index (κ2) is 13.1. The molecule has 1 unspecified atom stereocenters. The van der Waals surface area contributed by atoms with Gasteiger partial charge in [0.15, 0.2) is 0 Å². The van der Waals surface area contributed by atoms with E-state index >= 15 is 0 Å². The Morgan fingerprint density at radius 1 is 1.15 bits per heavy atom. The maximum Gasteiger partial charge on any atom is 0.255 e. The Bertz CT molecular complexity index is 1590. The Hall–Kier alpha value is -3.27. The Labute approximate surface area is 257 Å². The van der Waals surface area contributed by atoms with Crippen molar-refractivity contribution < 1.29 is 9.53 Å². The first-order chi connectivity index (χ1) is 19.8. The highest BCUT2D eigenvalue weighted by Gasteiger charge is 2.36. The van der Waals surface area contributed by atoms with Gasteiger partial charge in [0, 0.05) is 32.2 Å². The molecule has 5 rings (SSSR count). The van der Waals surface area contributed by atoms with Crippen LogP contribution in [-0.4, -0.2) is 26.4 Å². The minimum atomic E-state index is -0.582. The number of allylic oxidation sites excluding steroid dienone is 1. The Balaban J connectivity index is 1.56. The lowest BCUT2D eigenvalue weighted by Gasteiger charge is -2.30. The van der Waals surface area contributed by atoms with Gasteiger partial charge in [0.05, 0.1) is 5.57 Å². The number of hydrogen-bond acceptors (Lipinski definition) is 6. The summed E-state index contributed by atoms with van der Waals surface area (Å²) >= 11 is 11.3. The minimum absolute atomic E-state index is 0.226. The van der Waals surface area contributed by atoms with Crippen molar-refractivity contribution in [2.24, 2.45) is 0 Å². The maximum absolute atomic E-state index is 14.0. The second-order valence-electron chi connectivity index (χ2n) is 9.85. The number of carbonyl (C=O) groups is 1. The molecule has 10 heteroatoms. The molecule has 0 fully saturated rings. The van der Waals surface area contributed by atoms with Crippen LogP contribution in [0, 0.1) is 6.92 Å². The smallest absolute Gasteiger partial charge is 0.255 e. The van der Waals surface area contributed by atoms with E-state index in [4.69, 9.17) is 26.4 Å². The van der Waals surface area contributed by atoms with Crippen LogP contribution in [0.2, 0.25) is 5.02 Å². The van der Waals surface area contributed by atoms with E-state index < -0.39 is 6.04 Å². The van der Waals surface area contributed by atoms with Gasteiger partial charge in [-0.1, -0.05) is 76.9 Å². The van der Waals surface area contributed by atoms with Crippen molar-refractivity contribution in [2.75, 3.05) is 16.4 Å². The Morgan fingerprint density at radius 3 is 2.71 bits per heavy atom. The number of anilines is 2. The highest BCUT2D eigenvalue weighted by atomic mass is 79.9. The zero-order valence-electron chi connectivity index (χ0n) is 23.1. The molecule has 3 aromatic carbocycles. The predicted octanol–water partition coefficient (Wildman–Crippen LogP) is 8.40. The van der Waals surface area contributed by atoms with E-state index in [0.717, 1.165) is 45.4 Å². The van der Waals surface area contributed by atoms with Gasteiger partial charge in [-0.3, -0.25) is 4.79 Å². The van der Waals surface area contributed by atoms with Crippen molar-refractivity contribution in [3.8, 4) is 5.75 Å². The van der Waals surface area contributed by atoms with Crippen LogP contribution in [0.5, 0.6) is 5.75 Å². The third-order valence-electron chi connectivity index (χ3n) is 6.66. The van der Waals surface area contributed by atoms with Gasteiger partial charge < -0.3 is 15.4 Å². The summed E-state index contributed by atoms with van der Waals surface area (Å²) in [7, 11) is 0. The Morgan fingerprint density at radius 2 is 1.95 bits per heavy atom. The van der Waals surface area contributed by atoms with Gasteiger partial charge in [0.1, 0.15) is 18.4 Å². The molecule has 1 amide bonds. The first kappa shape index (κ1) is 29.2. The molecule has 1 aromatic heterocycles. The Kier molecular flexibility index (Phi) is 9.37. The number of rotatable bonds is 10. The highest BCUT2D eigenvalue weighted by Crippen LogP contribution is 2.41. The largest absolute Gasteiger partial charge is 0.489 e. The number of halogens is 2. The topological polar surface area (TPSA) is 81.1 Å². The number of ether oxygens (including phenoxy) is 1. The molecular weight excluding hydrogens is 622 g/mol. The van der Waals surface area contributed by atoms with Crippen molar-refractivity contribution in [2.45, 2.75) is 51.4 Å². The van der Waals surface area contributed by atoms with Gasteiger partial charge in [-0.15, -0.1) is 5.10 Å². The van der Waals surface area contributed by atoms with Crippen molar-refractivity contribution in [3.05, 3.63) is 104 Å². The summed E-state index contributed by atoms with van der Waals surface area (Å²) in [5.74, 6) is 1.92. The van der Waals surface area contributed by atoms with Crippen molar-refractivity contribution >= 4 is 56.8 Å². The van der Waals surface area contributed by atoms with Gasteiger partial charge in [0.2, 0.25) is 11.1 Å². The zero-order valence-corrected chi connectivity index (χ0v) is 26.2. The van der Waals surface area contributed by atoms with Crippen LogP contribution in [0.1, 0.15) is 49.4 Å². The van der Waals surface area contributed by atoms with Crippen LogP contribution < -0.4 is 15.4 Å². The van der Waals surface area contributed by atoms with Gasteiger partial charge in [-0.2, -0.15) is 4.98 Å². The molecule has 41 heavy (non-hydrogen) atoms. The van der Waals surface area contributed by atoms with Crippen molar-refractivity contribution in [3.63, 3.8) is 0 Å². The first-order valence-electron chi connectivity index (χ1n) is 13.4. The molecular formula is C31H31BrClN5O2S. The summed E-state index contributed by atoms with van der Waals surface area (Å²) in [4.78, 5) is 18.7. The first-order valence-corrected chi connectivity index (χ1v) is 15.6. The quantitative estimate of drug-likeness (QED) is 0.132. The van der Waals surface area contributed by atoms with Crippen LogP contribution in [0.15, 0.2) is 87.6 Å². The van der Waals surface area contributed by atoms with Gasteiger partial charge in [0.25, 0.3) is 5.91 Å². The lowest BCUT2D eigenvalue weighted by Crippen LogP contribution is -2.31. The van der Waals surface area contributed by atoms with E-state index in [1.165, 1.54) is 0 Å². The van der Waals surface area contributed by atoms with Crippen LogP contribution >= 0.6 is 39.3 Å². The standard InChI is InChI=1S/C31H31BrClN5O2S/c1-4-5-15-41-31-36-30-34-20(3)27(29(39)35-24-8-6-7-19(2)16-24)28(38(30)37-31)25-17-22(32)11-14-26(25)40-18-21-9-12-23(33)13-10-21/h6-14,16-17,28H,4-5,15,18H2,1-3H3,(H,35,39)(H,34,36,37). The molecule has 0 bridgehead atoms. The number of benzene rings is 3. The average molecular weight is 653 g/mol. The molecule has 2 N–H and O–H groups in total. The van der Waals surface area contributed by atoms with Crippen LogP contribution in [0.4, 0.5) is 11.6 Å². The van der Waals surface area contributed by atoms with E-state index in [0.29, 0.717) is 39.8 Å². The number of aromatic nitrogens is 3. The van der Waals surface area contributed by atoms with E-state index in [1.807, 2.05) is 80.6 Å². The molecule has 1 aliphatic heterocycles. The SMILES string of the molecule is CCCCSc1nc2n(n1)C(c1cc(Br)ccc1OCc1ccc(Cl)cc1)C(C(=O)Nc1cccc(C)c1)=C(C)N2.